The Labute approximate surface area is 208 Å². The van der Waals surface area contributed by atoms with Gasteiger partial charge in [0.05, 0.1) is 17.7 Å². The number of carbonyl (C=O) groups is 1. The molecule has 35 heavy (non-hydrogen) atoms. The number of hydrogen-bond donors (Lipinski definition) is 2. The zero-order valence-corrected chi connectivity index (χ0v) is 20.5. The van der Waals surface area contributed by atoms with Gasteiger partial charge in [0.25, 0.3) is 0 Å². The van der Waals surface area contributed by atoms with Crippen molar-refractivity contribution in [2.75, 3.05) is 11.9 Å². The second-order valence-corrected chi connectivity index (χ2v) is 10.9. The number of rotatable bonds is 9. The third kappa shape index (κ3) is 5.25. The minimum atomic E-state index is -3.95. The number of anilines is 1. The highest BCUT2D eigenvalue weighted by molar-refractivity contribution is 7.84. The summed E-state index contributed by atoms with van der Waals surface area (Å²) < 4.78 is 28.9. The maximum atomic E-state index is 13.4. The Morgan fingerprint density at radius 2 is 2.11 bits per heavy atom. The van der Waals surface area contributed by atoms with Crippen LogP contribution in [0.15, 0.2) is 55.2 Å². The van der Waals surface area contributed by atoms with E-state index in [9.17, 15) is 13.2 Å². The van der Waals surface area contributed by atoms with Crippen LogP contribution in [0.2, 0.25) is 5.02 Å². The second kappa shape index (κ2) is 9.34. The number of nitrogens with two attached hydrogens (primary N) is 1. The summed E-state index contributed by atoms with van der Waals surface area (Å²) in [5.74, 6) is 0.356. The van der Waals surface area contributed by atoms with Gasteiger partial charge in [0, 0.05) is 35.2 Å². The van der Waals surface area contributed by atoms with Crippen molar-refractivity contribution < 1.29 is 17.4 Å². The average Bonchev–Trinajstić information content (AvgIpc) is 3.26. The van der Waals surface area contributed by atoms with Crippen LogP contribution in [0.5, 0.6) is 0 Å². The van der Waals surface area contributed by atoms with Gasteiger partial charge in [-0.2, -0.15) is 8.42 Å². The number of nitrogens with zero attached hydrogens (tertiary/aromatic N) is 3. The van der Waals surface area contributed by atoms with Crippen LogP contribution in [0.1, 0.15) is 53.6 Å². The molecule has 1 aromatic carbocycles. The Hall–Kier alpha value is -2.79. The van der Waals surface area contributed by atoms with E-state index in [-0.39, 0.29) is 29.9 Å². The van der Waals surface area contributed by atoms with Crippen LogP contribution in [0.4, 0.5) is 5.82 Å². The van der Waals surface area contributed by atoms with E-state index >= 15 is 0 Å². The maximum Gasteiger partial charge on any atom is 0.333 e. The number of aromatic nitrogens is 3. The molecule has 2 saturated carbocycles. The molecule has 3 N–H and O–H groups in total. The number of halogens is 1. The lowest BCUT2D eigenvalue weighted by Gasteiger charge is -2.18. The number of hydrogen-bond acceptors (Lipinski definition) is 7. The summed E-state index contributed by atoms with van der Waals surface area (Å²) in [5.41, 5.74) is 1.91. The predicted molar refractivity (Wildman–Crippen MR) is 131 cm³/mol. The van der Waals surface area contributed by atoms with E-state index < -0.39 is 10.3 Å². The lowest BCUT2D eigenvalue weighted by atomic mass is 10.0. The molecular weight excluding hydrogens is 490 g/mol. The zero-order valence-electron chi connectivity index (χ0n) is 18.9. The van der Waals surface area contributed by atoms with E-state index in [1.54, 1.807) is 0 Å². The molecule has 0 amide bonds. The van der Waals surface area contributed by atoms with Gasteiger partial charge in [-0.25, -0.2) is 15.1 Å². The van der Waals surface area contributed by atoms with Gasteiger partial charge in [0.2, 0.25) is 0 Å². The lowest BCUT2D eigenvalue weighted by Crippen LogP contribution is -2.22. The maximum absolute atomic E-state index is 13.4. The summed E-state index contributed by atoms with van der Waals surface area (Å²) in [6.07, 6.45) is 11.0. The second-order valence-electron chi connectivity index (χ2n) is 9.26. The number of benzene rings is 1. The Kier molecular flexibility index (Phi) is 6.39. The monoisotopic (exact) mass is 515 g/mol. The van der Waals surface area contributed by atoms with E-state index in [1.807, 2.05) is 36.7 Å². The number of carbonyl (C=O) groups excluding carboxylic acids is 1. The Morgan fingerprint density at radius 1 is 1.29 bits per heavy atom. The Morgan fingerprint density at radius 3 is 2.86 bits per heavy atom. The summed E-state index contributed by atoms with van der Waals surface area (Å²) >= 11 is 6.21. The summed E-state index contributed by atoms with van der Waals surface area (Å²) in [7, 11) is -3.95. The molecular formula is C24H26ClN5O4S. The summed E-state index contributed by atoms with van der Waals surface area (Å²) in [6.45, 7) is 0.0501. The first-order valence-corrected chi connectivity index (χ1v) is 13.3. The van der Waals surface area contributed by atoms with Crippen molar-refractivity contribution >= 4 is 33.5 Å². The lowest BCUT2D eigenvalue weighted by molar-refractivity contribution is 0.103. The van der Waals surface area contributed by atoms with Crippen LogP contribution in [-0.2, 0) is 20.0 Å². The fraction of sp³-hybridized carbons (Fsp3) is 0.375. The largest absolute Gasteiger partial charge is 0.367 e. The summed E-state index contributed by atoms with van der Waals surface area (Å²) in [5, 5.41) is 8.96. The van der Waals surface area contributed by atoms with Crippen LogP contribution in [0.25, 0.3) is 0 Å². The molecule has 3 aromatic rings. The third-order valence-corrected chi connectivity index (χ3v) is 7.54. The molecule has 2 unspecified atom stereocenters. The summed E-state index contributed by atoms with van der Waals surface area (Å²) in [6, 6.07) is 9.70. The highest BCUT2D eigenvalue weighted by Gasteiger charge is 2.46. The molecule has 11 heteroatoms. The quantitative estimate of drug-likeness (QED) is 0.417. The fourth-order valence-corrected chi connectivity index (χ4v) is 5.47. The molecule has 0 spiro atoms. The number of nitrogens with one attached hydrogen (secondary N) is 1. The van der Waals surface area contributed by atoms with Crippen LogP contribution < -0.4 is 10.5 Å². The van der Waals surface area contributed by atoms with Crippen LogP contribution in [-0.4, -0.2) is 41.4 Å². The zero-order chi connectivity index (χ0) is 24.6. The van der Waals surface area contributed by atoms with Crippen molar-refractivity contribution in [2.24, 2.45) is 11.1 Å². The summed E-state index contributed by atoms with van der Waals surface area (Å²) in [4.78, 5) is 21.8. The molecule has 2 atom stereocenters. The number of ketones is 1. The van der Waals surface area contributed by atoms with Gasteiger partial charge in [-0.3, -0.25) is 8.98 Å². The van der Waals surface area contributed by atoms with E-state index in [2.05, 4.69) is 25.9 Å². The molecule has 0 bridgehead atoms. The van der Waals surface area contributed by atoms with Crippen molar-refractivity contribution in [2.45, 2.75) is 43.7 Å². The van der Waals surface area contributed by atoms with Crippen LogP contribution in [0, 0.1) is 5.92 Å². The van der Waals surface area contributed by atoms with Gasteiger partial charge in [-0.1, -0.05) is 23.7 Å². The van der Waals surface area contributed by atoms with E-state index in [0.717, 1.165) is 31.2 Å². The molecule has 0 radical (unpaired) electrons. The van der Waals surface area contributed by atoms with Crippen molar-refractivity contribution in [3.63, 3.8) is 0 Å². The SMILES string of the molecule is NS(=O)(=O)OCC1CCC(Nc2ncncc2C(=O)c2ccn(C3(c4cccc(Cl)c4)CC3)c2)C1. The molecule has 2 fully saturated rings. The van der Waals surface area contributed by atoms with Crippen LogP contribution in [0.3, 0.4) is 0 Å². The molecule has 184 valence electrons. The molecule has 5 rings (SSSR count). The van der Waals surface area contributed by atoms with Crippen LogP contribution >= 0.6 is 11.6 Å². The molecule has 2 aromatic heterocycles. The van der Waals surface area contributed by atoms with Gasteiger partial charge in [-0.05, 0) is 61.8 Å². The highest BCUT2D eigenvalue weighted by atomic mass is 35.5. The van der Waals surface area contributed by atoms with E-state index in [0.29, 0.717) is 28.4 Å². The molecule has 2 heterocycles. The Bertz CT molecular complexity index is 1360. The van der Waals surface area contributed by atoms with Gasteiger partial charge in [0.1, 0.15) is 12.1 Å². The molecule has 0 saturated heterocycles. The topological polar surface area (TPSA) is 129 Å². The first-order chi connectivity index (χ1) is 16.7. The van der Waals surface area contributed by atoms with Gasteiger partial charge >= 0.3 is 10.3 Å². The molecule has 2 aliphatic rings. The van der Waals surface area contributed by atoms with Crippen molar-refractivity contribution in [3.05, 3.63) is 77.0 Å². The van der Waals surface area contributed by atoms with Gasteiger partial charge < -0.3 is 9.88 Å². The van der Waals surface area contributed by atoms with Crippen molar-refractivity contribution in [1.82, 2.24) is 14.5 Å². The third-order valence-electron chi connectivity index (χ3n) is 6.84. The first-order valence-electron chi connectivity index (χ1n) is 11.5. The van der Waals surface area contributed by atoms with Gasteiger partial charge in [-0.15, -0.1) is 0 Å². The smallest absolute Gasteiger partial charge is 0.333 e. The van der Waals surface area contributed by atoms with Crippen molar-refractivity contribution in [1.29, 1.82) is 0 Å². The molecule has 0 aliphatic heterocycles. The van der Waals surface area contributed by atoms with Gasteiger partial charge in [0.15, 0.2) is 5.78 Å². The minimum Gasteiger partial charge on any atom is -0.367 e. The van der Waals surface area contributed by atoms with E-state index in [4.69, 9.17) is 20.9 Å². The minimum absolute atomic E-state index is 0.0349. The standard InChI is InChI=1S/C24H26ClN5O4S/c25-19-3-1-2-18(11-19)24(7-8-24)30-9-6-17(13-30)22(31)21-12-27-15-28-23(21)29-20-5-4-16(10-20)14-34-35(26,32)33/h1-3,6,9,11-13,15-16,20H,4-5,7-8,10,14H2,(H2,26,32,33)(H,27,28,29). The van der Waals surface area contributed by atoms with Crippen molar-refractivity contribution in [3.8, 4) is 0 Å². The van der Waals surface area contributed by atoms with E-state index in [1.165, 1.54) is 12.5 Å². The average molecular weight is 516 g/mol. The highest BCUT2D eigenvalue weighted by Crippen LogP contribution is 2.50. The predicted octanol–water partition coefficient (Wildman–Crippen LogP) is 3.50. The molecule has 9 nitrogen and oxygen atoms in total. The molecule has 2 aliphatic carbocycles. The fourth-order valence-electron chi connectivity index (χ4n) is 4.90. The Balaban J connectivity index is 1.30. The normalized spacial score (nSPS) is 21.1. The first kappa shape index (κ1) is 23.9.